The van der Waals surface area contributed by atoms with E-state index in [-0.39, 0.29) is 19.4 Å². The van der Waals surface area contributed by atoms with Gasteiger partial charge in [-0.2, -0.15) is 0 Å². The average Bonchev–Trinajstić information content (AvgIpc) is 3.03. The highest BCUT2D eigenvalue weighted by molar-refractivity contribution is 5.95. The Morgan fingerprint density at radius 1 is 0.911 bits per heavy atom. The molecular formula is C32H34N4O9. The first kappa shape index (κ1) is 32.3. The minimum atomic E-state index is -1.47. The zero-order chi connectivity index (χ0) is 32.3. The number of methoxy groups -OCH3 is 2. The largest absolute Gasteiger partial charge is 0.493 e. The molecule has 2 heterocycles. The third-order valence-corrected chi connectivity index (χ3v) is 6.92. The number of ether oxygens (including phenoxy) is 4. The van der Waals surface area contributed by atoms with Crippen LogP contribution in [0.4, 0.5) is 4.79 Å². The summed E-state index contributed by atoms with van der Waals surface area (Å²) in [6.45, 7) is -0.0538. The Hall–Kier alpha value is -5.59. The second-order valence-electron chi connectivity index (χ2n) is 10.2. The van der Waals surface area contributed by atoms with E-state index >= 15 is 0 Å². The molecule has 0 spiro atoms. The molecular weight excluding hydrogens is 584 g/mol. The number of hydrogen-bond donors (Lipinski definition) is 4. The molecule has 4 amide bonds. The molecule has 3 aromatic carbocycles. The van der Waals surface area contributed by atoms with Crippen LogP contribution < -0.4 is 31.2 Å². The molecule has 3 aromatic rings. The van der Waals surface area contributed by atoms with E-state index in [1.807, 2.05) is 6.07 Å². The number of hydrogen-bond acceptors (Lipinski definition) is 9. The maximum atomic E-state index is 13.6. The fourth-order valence-corrected chi connectivity index (χ4v) is 4.63. The normalized spacial score (nSPS) is 18.3. The zero-order valence-corrected chi connectivity index (χ0v) is 24.7. The highest BCUT2D eigenvalue weighted by Crippen LogP contribution is 2.33. The number of esters is 1. The Labute approximate surface area is 259 Å². The molecule has 0 saturated carbocycles. The highest BCUT2D eigenvalue weighted by Gasteiger charge is 2.32. The van der Waals surface area contributed by atoms with Gasteiger partial charge in [-0.3, -0.25) is 14.4 Å². The third kappa shape index (κ3) is 9.20. The number of carbonyl (C=O) groups excluding carboxylic acids is 5. The van der Waals surface area contributed by atoms with Gasteiger partial charge in [0.05, 0.1) is 20.6 Å². The number of nitrogens with one attached hydrogen (secondary N) is 3. The summed E-state index contributed by atoms with van der Waals surface area (Å²) in [5, 5.41) is 7.58. The standard InChI is InChI=1S/C32H34N4O9/c1-42-26-13-10-21-15-23(36-32(41)44-18-20-6-4-3-5-7-20)29(38)34-24(17-28(33)37)30(39)35-25(31(40)43-2)14-19-8-11-22(12-9-19)45-27(26)16-21/h3-13,16,23-25H,14-15,17-18H2,1-2H3,(H2,33,37)(H,34,38)(H,35,39)(H,36,41)/t23-,24+,25+/m1/s1. The Balaban J connectivity index is 1.69. The SMILES string of the molecule is COC(=O)[C@@H]1Cc2ccc(cc2)Oc2cc(ccc2OC)C[C@@H](NC(=O)OCc2ccccc2)C(=O)N[C@@H](CC(N)=O)C(=O)N1. The van der Waals surface area contributed by atoms with Gasteiger partial charge in [-0.15, -0.1) is 0 Å². The Morgan fingerprint density at radius 3 is 2.29 bits per heavy atom. The number of fused-ring (bicyclic) bond motifs is 10. The van der Waals surface area contributed by atoms with E-state index in [2.05, 4.69) is 16.0 Å². The first-order valence-electron chi connectivity index (χ1n) is 14.0. The van der Waals surface area contributed by atoms with Crippen molar-refractivity contribution in [3.8, 4) is 17.2 Å². The molecule has 45 heavy (non-hydrogen) atoms. The topological polar surface area (TPSA) is 184 Å². The number of primary amides is 1. The van der Waals surface area contributed by atoms with Gasteiger partial charge < -0.3 is 40.6 Å². The lowest BCUT2D eigenvalue weighted by atomic mass is 10.0. The van der Waals surface area contributed by atoms with Gasteiger partial charge in [0.1, 0.15) is 30.5 Å². The van der Waals surface area contributed by atoms with Gasteiger partial charge in [0.25, 0.3) is 0 Å². The second-order valence-corrected chi connectivity index (χ2v) is 10.2. The Bertz CT molecular complexity index is 1530. The van der Waals surface area contributed by atoms with Crippen LogP contribution in [0.2, 0.25) is 0 Å². The van der Waals surface area contributed by atoms with Crippen molar-refractivity contribution in [2.45, 2.75) is 44.0 Å². The number of benzene rings is 3. The minimum Gasteiger partial charge on any atom is -0.493 e. The summed E-state index contributed by atoms with van der Waals surface area (Å²) < 4.78 is 21.7. The second kappa shape index (κ2) is 15.2. The summed E-state index contributed by atoms with van der Waals surface area (Å²) in [7, 11) is 2.65. The van der Waals surface area contributed by atoms with E-state index in [1.165, 1.54) is 14.2 Å². The van der Waals surface area contributed by atoms with E-state index in [4.69, 9.17) is 24.7 Å². The summed E-state index contributed by atoms with van der Waals surface area (Å²) >= 11 is 0. The van der Waals surface area contributed by atoms with Gasteiger partial charge in [0, 0.05) is 12.8 Å². The summed E-state index contributed by atoms with van der Waals surface area (Å²) in [4.78, 5) is 64.3. The van der Waals surface area contributed by atoms with Crippen LogP contribution in [0.5, 0.6) is 17.2 Å². The molecule has 5 N–H and O–H groups in total. The van der Waals surface area contributed by atoms with Crippen molar-refractivity contribution in [2.24, 2.45) is 5.73 Å². The first-order chi connectivity index (χ1) is 21.6. The Morgan fingerprint density at radius 2 is 1.62 bits per heavy atom. The number of alkyl carbamates (subject to hydrolysis) is 1. The van der Waals surface area contributed by atoms with Gasteiger partial charge >= 0.3 is 12.1 Å². The molecule has 0 saturated heterocycles. The molecule has 0 aromatic heterocycles. The number of amides is 4. The van der Waals surface area contributed by atoms with Crippen molar-refractivity contribution >= 4 is 29.8 Å². The van der Waals surface area contributed by atoms with Crippen molar-refractivity contribution in [1.29, 1.82) is 0 Å². The molecule has 13 nitrogen and oxygen atoms in total. The lowest BCUT2D eigenvalue weighted by Crippen LogP contribution is -2.57. The Kier molecular flexibility index (Phi) is 10.9. The molecule has 0 unspecified atom stereocenters. The minimum absolute atomic E-state index is 0.0339. The molecule has 0 radical (unpaired) electrons. The van der Waals surface area contributed by atoms with E-state index < -0.39 is 54.3 Å². The van der Waals surface area contributed by atoms with Crippen LogP contribution in [-0.2, 0) is 48.1 Å². The summed E-state index contributed by atoms with van der Waals surface area (Å²) in [5.41, 5.74) is 7.36. The third-order valence-electron chi connectivity index (χ3n) is 6.92. The maximum absolute atomic E-state index is 13.6. The maximum Gasteiger partial charge on any atom is 0.408 e. The van der Waals surface area contributed by atoms with Crippen LogP contribution in [0.3, 0.4) is 0 Å². The van der Waals surface area contributed by atoms with Crippen molar-refractivity contribution in [1.82, 2.24) is 16.0 Å². The summed E-state index contributed by atoms with van der Waals surface area (Å²) in [6.07, 6.45) is -1.50. The van der Waals surface area contributed by atoms with E-state index in [0.29, 0.717) is 28.4 Å². The molecule has 3 atom stereocenters. The first-order valence-corrected chi connectivity index (χ1v) is 14.0. The molecule has 0 fully saturated rings. The molecule has 236 valence electrons. The van der Waals surface area contributed by atoms with Crippen molar-refractivity contribution in [3.05, 3.63) is 89.5 Å². The van der Waals surface area contributed by atoms with E-state index in [9.17, 15) is 24.0 Å². The quantitative estimate of drug-likeness (QED) is 0.287. The smallest absolute Gasteiger partial charge is 0.408 e. The molecule has 2 aliphatic rings. The van der Waals surface area contributed by atoms with Crippen LogP contribution in [0.15, 0.2) is 72.8 Å². The van der Waals surface area contributed by atoms with E-state index in [1.54, 1.807) is 66.7 Å². The molecule has 0 aliphatic carbocycles. The van der Waals surface area contributed by atoms with Crippen LogP contribution in [0, 0.1) is 0 Å². The predicted octanol–water partition coefficient (Wildman–Crippen LogP) is 1.90. The van der Waals surface area contributed by atoms with Gasteiger partial charge in [0.2, 0.25) is 17.7 Å². The lowest BCUT2D eigenvalue weighted by molar-refractivity contribution is -0.145. The van der Waals surface area contributed by atoms with Crippen molar-refractivity contribution in [3.63, 3.8) is 0 Å². The van der Waals surface area contributed by atoms with Gasteiger partial charge in [-0.25, -0.2) is 9.59 Å². The van der Waals surface area contributed by atoms with Crippen molar-refractivity contribution < 1.29 is 42.9 Å². The van der Waals surface area contributed by atoms with Crippen LogP contribution in [0.25, 0.3) is 0 Å². The number of rotatable bonds is 7. The molecule has 5 rings (SSSR count). The molecule has 4 bridgehead atoms. The van der Waals surface area contributed by atoms with Gasteiger partial charge in [0.15, 0.2) is 11.5 Å². The fraction of sp³-hybridized carbons (Fsp3) is 0.281. The fourth-order valence-electron chi connectivity index (χ4n) is 4.63. The number of nitrogens with two attached hydrogens (primary N) is 1. The van der Waals surface area contributed by atoms with Crippen LogP contribution in [0.1, 0.15) is 23.1 Å². The zero-order valence-electron chi connectivity index (χ0n) is 24.7. The van der Waals surface area contributed by atoms with Gasteiger partial charge in [-0.1, -0.05) is 48.5 Å². The number of carbonyl (C=O) groups is 5. The molecule has 2 aliphatic heterocycles. The monoisotopic (exact) mass is 618 g/mol. The predicted molar refractivity (Wildman–Crippen MR) is 160 cm³/mol. The summed E-state index contributed by atoms with van der Waals surface area (Å²) in [6, 6.07) is 16.8. The van der Waals surface area contributed by atoms with Crippen LogP contribution >= 0.6 is 0 Å². The van der Waals surface area contributed by atoms with E-state index in [0.717, 1.165) is 5.56 Å². The highest BCUT2D eigenvalue weighted by atomic mass is 16.5. The lowest BCUT2D eigenvalue weighted by Gasteiger charge is -2.24. The van der Waals surface area contributed by atoms with Crippen LogP contribution in [-0.4, -0.2) is 62.1 Å². The van der Waals surface area contributed by atoms with Crippen molar-refractivity contribution in [2.75, 3.05) is 14.2 Å². The molecule has 13 heteroatoms. The summed E-state index contributed by atoms with van der Waals surface area (Å²) in [5.74, 6) is -2.07. The van der Waals surface area contributed by atoms with Gasteiger partial charge in [-0.05, 0) is 41.0 Å². The average molecular weight is 619 g/mol.